The van der Waals surface area contributed by atoms with E-state index in [1.54, 1.807) is 6.92 Å². The first-order valence-electron chi connectivity index (χ1n) is 9.38. The molecule has 1 heterocycles. The topological polar surface area (TPSA) is 75.7 Å². The van der Waals surface area contributed by atoms with Crippen LogP contribution in [0.2, 0.25) is 5.02 Å². The third-order valence-electron chi connectivity index (χ3n) is 4.77. The molecule has 1 saturated heterocycles. The number of carbonyl (C=O) groups is 1. The number of rotatable bonds is 6. The van der Waals surface area contributed by atoms with Crippen LogP contribution in [-0.4, -0.2) is 38.3 Å². The molecule has 1 fully saturated rings. The number of benzene rings is 2. The van der Waals surface area contributed by atoms with Gasteiger partial charge in [-0.15, -0.1) is 0 Å². The lowest BCUT2D eigenvalue weighted by Crippen LogP contribution is -2.28. The van der Waals surface area contributed by atoms with Gasteiger partial charge < -0.3 is 10.1 Å². The third-order valence-corrected chi connectivity index (χ3v) is 6.90. The van der Waals surface area contributed by atoms with Crippen molar-refractivity contribution in [2.75, 3.05) is 25.0 Å². The van der Waals surface area contributed by atoms with E-state index in [2.05, 4.69) is 5.32 Å². The van der Waals surface area contributed by atoms with E-state index in [1.807, 2.05) is 0 Å². The molecule has 2 aromatic carbocycles. The van der Waals surface area contributed by atoms with Crippen molar-refractivity contribution in [2.45, 2.75) is 30.8 Å². The highest BCUT2D eigenvalue weighted by atomic mass is 35.5. The number of amides is 1. The molecule has 1 amide bonds. The van der Waals surface area contributed by atoms with Gasteiger partial charge in [0.15, 0.2) is 6.61 Å². The molecule has 0 aliphatic carbocycles. The lowest BCUT2D eigenvalue weighted by Gasteiger charge is -2.17. The molecule has 0 atom stereocenters. The first kappa shape index (κ1) is 23.4. The molecule has 0 radical (unpaired) electrons. The van der Waals surface area contributed by atoms with Gasteiger partial charge in [-0.25, -0.2) is 8.42 Å². The van der Waals surface area contributed by atoms with Gasteiger partial charge in [-0.2, -0.15) is 17.5 Å². The van der Waals surface area contributed by atoms with Crippen LogP contribution < -0.4 is 10.1 Å². The highest BCUT2D eigenvalue weighted by Crippen LogP contribution is 2.36. The van der Waals surface area contributed by atoms with Crippen LogP contribution in [0.3, 0.4) is 0 Å². The molecular weight excluding hydrogens is 457 g/mol. The minimum absolute atomic E-state index is 0.110. The Morgan fingerprint density at radius 2 is 1.84 bits per heavy atom. The van der Waals surface area contributed by atoms with Gasteiger partial charge >= 0.3 is 6.18 Å². The van der Waals surface area contributed by atoms with Crippen molar-refractivity contribution >= 4 is 33.2 Å². The number of nitrogens with one attached hydrogen (secondary N) is 1. The Kier molecular flexibility index (Phi) is 6.82. The molecule has 0 aromatic heterocycles. The average Bonchev–Trinajstić information content (AvgIpc) is 3.23. The molecular formula is C20H20ClF3N2O4S. The number of aryl methyl sites for hydroxylation is 1. The van der Waals surface area contributed by atoms with E-state index in [4.69, 9.17) is 16.3 Å². The summed E-state index contributed by atoms with van der Waals surface area (Å²) in [7, 11) is -3.59. The average molecular weight is 477 g/mol. The van der Waals surface area contributed by atoms with Gasteiger partial charge in [-0.05, 0) is 61.7 Å². The van der Waals surface area contributed by atoms with Crippen LogP contribution in [0.5, 0.6) is 5.75 Å². The van der Waals surface area contributed by atoms with Crippen LogP contribution in [0.1, 0.15) is 24.0 Å². The van der Waals surface area contributed by atoms with E-state index in [0.717, 1.165) is 25.0 Å². The number of nitrogens with zero attached hydrogens (tertiary/aromatic N) is 1. The summed E-state index contributed by atoms with van der Waals surface area (Å²) in [6.07, 6.45) is -3.06. The number of carbonyl (C=O) groups excluding carboxylic acids is 1. The fourth-order valence-corrected chi connectivity index (χ4v) is 4.99. The SMILES string of the molecule is Cc1cc(S(=O)(=O)N2CCCC2)ccc1OCC(=O)Nc1ccc(Cl)cc1C(F)(F)F. The summed E-state index contributed by atoms with van der Waals surface area (Å²) in [5.74, 6) is -0.552. The molecule has 0 spiro atoms. The molecule has 2 aromatic rings. The molecule has 31 heavy (non-hydrogen) atoms. The maximum Gasteiger partial charge on any atom is 0.418 e. The van der Waals surface area contributed by atoms with Gasteiger partial charge in [0.1, 0.15) is 5.75 Å². The Bertz CT molecular complexity index is 1080. The summed E-state index contributed by atoms with van der Waals surface area (Å²) in [5, 5.41) is 2.05. The summed E-state index contributed by atoms with van der Waals surface area (Å²) in [6.45, 7) is 2.02. The second-order valence-electron chi connectivity index (χ2n) is 7.06. The highest BCUT2D eigenvalue weighted by molar-refractivity contribution is 7.89. The Labute approximate surface area is 183 Å². The normalized spacial score (nSPS) is 15.1. The molecule has 1 aliphatic rings. The molecule has 168 valence electrons. The zero-order chi connectivity index (χ0) is 22.8. The minimum Gasteiger partial charge on any atom is -0.483 e. The van der Waals surface area contributed by atoms with Crippen LogP contribution in [0.25, 0.3) is 0 Å². The Balaban J connectivity index is 1.67. The molecule has 0 saturated carbocycles. The molecule has 6 nitrogen and oxygen atoms in total. The zero-order valence-electron chi connectivity index (χ0n) is 16.5. The molecule has 1 N–H and O–H groups in total. The van der Waals surface area contributed by atoms with E-state index < -0.39 is 40.0 Å². The van der Waals surface area contributed by atoms with Crippen LogP contribution >= 0.6 is 11.6 Å². The molecule has 0 bridgehead atoms. The predicted molar refractivity (Wildman–Crippen MR) is 110 cm³/mol. The van der Waals surface area contributed by atoms with Crippen molar-refractivity contribution in [1.82, 2.24) is 4.31 Å². The van der Waals surface area contributed by atoms with Gasteiger partial charge in [0.05, 0.1) is 16.1 Å². The number of sulfonamides is 1. The van der Waals surface area contributed by atoms with Gasteiger partial charge in [-0.1, -0.05) is 11.6 Å². The summed E-state index contributed by atoms with van der Waals surface area (Å²) in [6, 6.07) is 7.27. The molecule has 1 aliphatic heterocycles. The highest BCUT2D eigenvalue weighted by Gasteiger charge is 2.34. The monoisotopic (exact) mass is 476 g/mol. The lowest BCUT2D eigenvalue weighted by atomic mass is 10.1. The van der Waals surface area contributed by atoms with Crippen molar-refractivity contribution < 1.29 is 31.1 Å². The third kappa shape index (κ3) is 5.50. The van der Waals surface area contributed by atoms with Crippen molar-refractivity contribution in [2.24, 2.45) is 0 Å². The Morgan fingerprint density at radius 3 is 2.45 bits per heavy atom. The van der Waals surface area contributed by atoms with E-state index in [1.165, 1.54) is 28.6 Å². The number of anilines is 1. The van der Waals surface area contributed by atoms with Crippen molar-refractivity contribution in [1.29, 1.82) is 0 Å². The van der Waals surface area contributed by atoms with Gasteiger partial charge in [0.25, 0.3) is 5.91 Å². The number of halogens is 4. The fraction of sp³-hybridized carbons (Fsp3) is 0.350. The summed E-state index contributed by atoms with van der Waals surface area (Å²) in [5.41, 5.74) is -1.02. The van der Waals surface area contributed by atoms with Gasteiger partial charge in [0, 0.05) is 18.1 Å². The maximum absolute atomic E-state index is 13.1. The smallest absolute Gasteiger partial charge is 0.418 e. The molecule has 11 heteroatoms. The standard InChI is InChI=1S/C20H20ClF3N2O4S/c1-13-10-15(31(28,29)26-8-2-3-9-26)5-7-18(13)30-12-19(27)25-17-6-4-14(21)11-16(17)20(22,23)24/h4-7,10-11H,2-3,8-9,12H2,1H3,(H,25,27). The van der Waals surface area contributed by atoms with Gasteiger partial charge in [-0.3, -0.25) is 4.79 Å². The van der Waals surface area contributed by atoms with Gasteiger partial charge in [0.2, 0.25) is 10.0 Å². The Morgan fingerprint density at radius 1 is 1.16 bits per heavy atom. The second kappa shape index (κ2) is 9.05. The van der Waals surface area contributed by atoms with Crippen LogP contribution in [0.15, 0.2) is 41.3 Å². The summed E-state index contributed by atoms with van der Waals surface area (Å²) in [4.78, 5) is 12.2. The van der Waals surface area contributed by atoms with Crippen molar-refractivity contribution in [3.05, 3.63) is 52.5 Å². The number of ether oxygens (including phenoxy) is 1. The minimum atomic E-state index is -4.69. The van der Waals surface area contributed by atoms with E-state index >= 15 is 0 Å². The van der Waals surface area contributed by atoms with Crippen molar-refractivity contribution in [3.63, 3.8) is 0 Å². The Hall–Kier alpha value is -2.30. The molecule has 3 rings (SSSR count). The predicted octanol–water partition coefficient (Wildman–Crippen LogP) is 4.47. The first-order valence-corrected chi connectivity index (χ1v) is 11.2. The number of hydrogen-bond acceptors (Lipinski definition) is 4. The van der Waals surface area contributed by atoms with Crippen LogP contribution in [0.4, 0.5) is 18.9 Å². The fourth-order valence-electron chi connectivity index (χ4n) is 3.21. The summed E-state index contributed by atoms with van der Waals surface area (Å²) >= 11 is 5.62. The number of alkyl halides is 3. The first-order chi connectivity index (χ1) is 14.5. The van der Waals surface area contributed by atoms with Crippen LogP contribution in [0, 0.1) is 6.92 Å². The molecule has 0 unspecified atom stereocenters. The van der Waals surface area contributed by atoms with E-state index in [-0.39, 0.29) is 15.7 Å². The number of hydrogen-bond donors (Lipinski definition) is 1. The summed E-state index contributed by atoms with van der Waals surface area (Å²) < 4.78 is 71.5. The van der Waals surface area contributed by atoms with Crippen molar-refractivity contribution in [3.8, 4) is 5.75 Å². The van der Waals surface area contributed by atoms with E-state index in [9.17, 15) is 26.4 Å². The largest absolute Gasteiger partial charge is 0.483 e. The maximum atomic E-state index is 13.1. The van der Waals surface area contributed by atoms with Crippen LogP contribution in [-0.2, 0) is 21.0 Å². The zero-order valence-corrected chi connectivity index (χ0v) is 18.1. The second-order valence-corrected chi connectivity index (χ2v) is 9.44. The lowest BCUT2D eigenvalue weighted by molar-refractivity contribution is -0.137. The van der Waals surface area contributed by atoms with E-state index in [0.29, 0.717) is 18.7 Å². The quantitative estimate of drug-likeness (QED) is 0.667.